The van der Waals surface area contributed by atoms with Gasteiger partial charge >= 0.3 is 0 Å². The molecule has 0 radical (unpaired) electrons. The molecule has 1 saturated heterocycles. The van der Waals surface area contributed by atoms with Crippen LogP contribution in [0.2, 0.25) is 0 Å². The third-order valence-corrected chi connectivity index (χ3v) is 5.69. The van der Waals surface area contributed by atoms with Gasteiger partial charge in [0, 0.05) is 16.4 Å². The Kier molecular flexibility index (Phi) is 4.08. The van der Waals surface area contributed by atoms with E-state index in [0.29, 0.717) is 11.8 Å². The lowest BCUT2D eigenvalue weighted by molar-refractivity contribution is 0.0490. The second-order valence-electron chi connectivity index (χ2n) is 6.19. The second kappa shape index (κ2) is 5.71. The zero-order valence-electron chi connectivity index (χ0n) is 12.7. The van der Waals surface area contributed by atoms with Crippen LogP contribution in [0.3, 0.4) is 0 Å². The van der Waals surface area contributed by atoms with Gasteiger partial charge in [-0.2, -0.15) is 0 Å². The largest absolute Gasteiger partial charge is 0.375 e. The van der Waals surface area contributed by atoms with Crippen molar-refractivity contribution in [3.8, 4) is 0 Å². The Hall–Kier alpha value is -0.900. The van der Waals surface area contributed by atoms with Crippen LogP contribution in [-0.2, 0) is 4.74 Å². The molecule has 0 aliphatic carbocycles. The van der Waals surface area contributed by atoms with Crippen molar-refractivity contribution in [3.05, 3.63) is 46.4 Å². The van der Waals surface area contributed by atoms with Crippen molar-refractivity contribution in [2.45, 2.75) is 39.0 Å². The molecule has 21 heavy (non-hydrogen) atoms. The van der Waals surface area contributed by atoms with Crippen LogP contribution >= 0.6 is 15.9 Å². The molecular formula is C18H22BrNO. The van der Waals surface area contributed by atoms with Crippen LogP contribution in [0, 0.1) is 11.8 Å². The van der Waals surface area contributed by atoms with Gasteiger partial charge in [0.25, 0.3) is 0 Å². The highest BCUT2D eigenvalue weighted by atomic mass is 79.9. The smallest absolute Gasteiger partial charge is 0.0600 e. The fourth-order valence-electron chi connectivity index (χ4n) is 3.70. The van der Waals surface area contributed by atoms with E-state index in [2.05, 4.69) is 73.1 Å². The lowest BCUT2D eigenvalue weighted by atomic mass is 9.80. The molecule has 1 heterocycles. The molecule has 2 aromatic rings. The van der Waals surface area contributed by atoms with Crippen molar-refractivity contribution in [2.75, 3.05) is 0 Å². The van der Waals surface area contributed by atoms with Crippen LogP contribution in [0.25, 0.3) is 10.8 Å². The Morgan fingerprint density at radius 1 is 1.00 bits per heavy atom. The van der Waals surface area contributed by atoms with E-state index < -0.39 is 0 Å². The number of nitrogens with two attached hydrogens (primary N) is 1. The van der Waals surface area contributed by atoms with Gasteiger partial charge in [0.15, 0.2) is 0 Å². The Morgan fingerprint density at radius 2 is 1.67 bits per heavy atom. The third-order valence-electron chi connectivity index (χ3n) is 5.00. The Labute approximate surface area is 134 Å². The molecule has 0 bridgehead atoms. The van der Waals surface area contributed by atoms with Crippen LogP contribution in [0.15, 0.2) is 40.9 Å². The summed E-state index contributed by atoms with van der Waals surface area (Å²) < 4.78 is 7.09. The first-order valence-corrected chi connectivity index (χ1v) is 8.38. The summed E-state index contributed by atoms with van der Waals surface area (Å²) in [5, 5.41) is 2.45. The zero-order chi connectivity index (χ0) is 15.1. The molecule has 2 aromatic carbocycles. The highest BCUT2D eigenvalue weighted by molar-refractivity contribution is 9.10. The first-order valence-electron chi connectivity index (χ1n) is 7.59. The minimum Gasteiger partial charge on any atom is -0.375 e. The first kappa shape index (κ1) is 15.0. The maximum absolute atomic E-state index is 6.66. The summed E-state index contributed by atoms with van der Waals surface area (Å²) in [5.74, 6) is 0.821. The normalized spacial score (nSPS) is 30.7. The van der Waals surface area contributed by atoms with Crippen molar-refractivity contribution in [1.29, 1.82) is 0 Å². The van der Waals surface area contributed by atoms with E-state index in [4.69, 9.17) is 10.5 Å². The van der Waals surface area contributed by atoms with Gasteiger partial charge in [0.2, 0.25) is 0 Å². The molecule has 112 valence electrons. The van der Waals surface area contributed by atoms with Gasteiger partial charge in [-0.25, -0.2) is 0 Å². The van der Waals surface area contributed by atoms with E-state index in [1.165, 1.54) is 16.3 Å². The second-order valence-corrected chi connectivity index (χ2v) is 7.05. The van der Waals surface area contributed by atoms with Crippen LogP contribution < -0.4 is 5.73 Å². The van der Waals surface area contributed by atoms with Crippen molar-refractivity contribution in [3.63, 3.8) is 0 Å². The number of benzene rings is 2. The molecule has 0 saturated carbocycles. The monoisotopic (exact) mass is 347 g/mol. The lowest BCUT2D eigenvalue weighted by Gasteiger charge is -2.27. The molecule has 3 heteroatoms. The SMILES string of the molecule is CC1OC(C)C(C(N)c2ccc(Br)c3ccccc23)C1C. The average molecular weight is 348 g/mol. The van der Waals surface area contributed by atoms with Crippen molar-refractivity contribution >= 4 is 26.7 Å². The van der Waals surface area contributed by atoms with Crippen molar-refractivity contribution in [2.24, 2.45) is 17.6 Å². The van der Waals surface area contributed by atoms with Crippen LogP contribution in [0.1, 0.15) is 32.4 Å². The Morgan fingerprint density at radius 3 is 2.29 bits per heavy atom. The summed E-state index contributed by atoms with van der Waals surface area (Å²) in [7, 11) is 0. The van der Waals surface area contributed by atoms with Gasteiger partial charge in [-0.15, -0.1) is 0 Å². The number of rotatable bonds is 2. The highest BCUT2D eigenvalue weighted by Gasteiger charge is 2.41. The van der Waals surface area contributed by atoms with E-state index in [0.717, 1.165) is 4.47 Å². The van der Waals surface area contributed by atoms with E-state index in [9.17, 15) is 0 Å². The number of halogens is 1. The number of hydrogen-bond donors (Lipinski definition) is 1. The third kappa shape index (κ3) is 2.52. The summed E-state index contributed by atoms with van der Waals surface area (Å²) in [5.41, 5.74) is 7.88. The van der Waals surface area contributed by atoms with Gasteiger partial charge in [-0.05, 0) is 42.2 Å². The van der Waals surface area contributed by atoms with Gasteiger partial charge in [0.05, 0.1) is 12.2 Å². The maximum Gasteiger partial charge on any atom is 0.0600 e. The van der Waals surface area contributed by atoms with Crippen LogP contribution in [0.5, 0.6) is 0 Å². The summed E-state index contributed by atoms with van der Waals surface area (Å²) in [4.78, 5) is 0. The minimum absolute atomic E-state index is 0.00190. The summed E-state index contributed by atoms with van der Waals surface area (Å²) >= 11 is 3.63. The number of hydrogen-bond acceptors (Lipinski definition) is 2. The first-order chi connectivity index (χ1) is 10.0. The molecule has 3 rings (SSSR count). The molecule has 1 aliphatic rings. The van der Waals surface area contributed by atoms with Crippen LogP contribution in [-0.4, -0.2) is 12.2 Å². The molecule has 1 aliphatic heterocycles. The number of fused-ring (bicyclic) bond motifs is 1. The van der Waals surface area contributed by atoms with E-state index in [-0.39, 0.29) is 18.2 Å². The molecule has 0 amide bonds. The quantitative estimate of drug-likeness (QED) is 0.857. The fraction of sp³-hybridized carbons (Fsp3) is 0.444. The predicted molar refractivity (Wildman–Crippen MR) is 91.2 cm³/mol. The predicted octanol–water partition coefficient (Wildman–Crippen LogP) is 4.66. The summed E-state index contributed by atoms with van der Waals surface area (Å²) in [6.45, 7) is 6.54. The Bertz CT molecular complexity index is 657. The molecule has 5 atom stereocenters. The minimum atomic E-state index is -0.00190. The molecule has 5 unspecified atom stereocenters. The average Bonchev–Trinajstić information content (AvgIpc) is 2.72. The van der Waals surface area contributed by atoms with Crippen LogP contribution in [0.4, 0.5) is 0 Å². The summed E-state index contributed by atoms with van der Waals surface area (Å²) in [6.07, 6.45) is 0.477. The summed E-state index contributed by atoms with van der Waals surface area (Å²) in [6, 6.07) is 12.7. The molecule has 0 spiro atoms. The fourth-order valence-corrected chi connectivity index (χ4v) is 4.17. The zero-order valence-corrected chi connectivity index (χ0v) is 14.3. The van der Waals surface area contributed by atoms with Gasteiger partial charge in [0.1, 0.15) is 0 Å². The van der Waals surface area contributed by atoms with Gasteiger partial charge in [-0.1, -0.05) is 53.2 Å². The number of ether oxygens (including phenoxy) is 1. The standard InChI is InChI=1S/C18H22BrNO/c1-10-11(2)21-12(3)17(10)18(20)15-8-9-16(19)14-7-5-4-6-13(14)15/h4-12,17-18H,20H2,1-3H3. The van der Waals surface area contributed by atoms with E-state index in [1.54, 1.807) is 0 Å². The van der Waals surface area contributed by atoms with Gasteiger partial charge in [-0.3, -0.25) is 0 Å². The topological polar surface area (TPSA) is 35.2 Å². The van der Waals surface area contributed by atoms with Gasteiger partial charge < -0.3 is 10.5 Å². The molecule has 0 aromatic heterocycles. The van der Waals surface area contributed by atoms with Crippen molar-refractivity contribution in [1.82, 2.24) is 0 Å². The highest BCUT2D eigenvalue weighted by Crippen LogP contribution is 2.41. The lowest BCUT2D eigenvalue weighted by Crippen LogP contribution is -2.30. The Balaban J connectivity index is 2.06. The molecule has 2 nitrogen and oxygen atoms in total. The molecule has 1 fully saturated rings. The maximum atomic E-state index is 6.66. The van der Waals surface area contributed by atoms with Crippen molar-refractivity contribution < 1.29 is 4.74 Å². The van der Waals surface area contributed by atoms with E-state index in [1.807, 2.05) is 0 Å². The molecule has 2 N–H and O–H groups in total. The van der Waals surface area contributed by atoms with E-state index >= 15 is 0 Å². The molecular weight excluding hydrogens is 326 g/mol.